The van der Waals surface area contributed by atoms with Crippen molar-refractivity contribution >= 4 is 34.0 Å². The molecule has 1 saturated heterocycles. The van der Waals surface area contributed by atoms with Gasteiger partial charge in [-0.05, 0) is 49.7 Å². The number of nitrogens with two attached hydrogens (primary N) is 1. The minimum Gasteiger partial charge on any atom is -0.386 e. The number of halogens is 2. The fraction of sp³-hybridized carbons (Fsp3) is 0.346. The molecule has 2 amide bonds. The topological polar surface area (TPSA) is 127 Å². The molecule has 1 aromatic carbocycles. The van der Waals surface area contributed by atoms with E-state index in [1.165, 1.54) is 19.9 Å². The van der Waals surface area contributed by atoms with Crippen LogP contribution in [0.2, 0.25) is 0 Å². The van der Waals surface area contributed by atoms with Crippen molar-refractivity contribution in [2.45, 2.75) is 26.1 Å². The molecule has 0 aliphatic carbocycles. The molecule has 0 unspecified atom stereocenters. The van der Waals surface area contributed by atoms with Crippen LogP contribution < -0.4 is 11.1 Å². The van der Waals surface area contributed by atoms with E-state index in [9.17, 15) is 23.5 Å². The van der Waals surface area contributed by atoms with Crippen LogP contribution in [0.4, 0.5) is 19.6 Å². The van der Waals surface area contributed by atoms with E-state index in [1.54, 1.807) is 23.1 Å². The quantitative estimate of drug-likeness (QED) is 0.375. The number of rotatable bonds is 9. The molecule has 4 rings (SSSR count). The molecule has 1 fully saturated rings. The Balaban J connectivity index is 1.50. The Kier molecular flexibility index (Phi) is 8.36. The van der Waals surface area contributed by atoms with Gasteiger partial charge in [0.15, 0.2) is 0 Å². The number of aliphatic hydroxyl groups is 1. The zero-order valence-corrected chi connectivity index (χ0v) is 21.7. The lowest BCUT2D eigenvalue weighted by Gasteiger charge is -2.26. The molecule has 202 valence electrons. The van der Waals surface area contributed by atoms with Gasteiger partial charge < -0.3 is 30.5 Å². The summed E-state index contributed by atoms with van der Waals surface area (Å²) in [4.78, 5) is 30.6. The minimum absolute atomic E-state index is 0.0370. The predicted octanol–water partition coefficient (Wildman–Crippen LogP) is 3.53. The Labute approximate surface area is 222 Å². The molecule has 1 aliphatic rings. The Hall–Kier alpha value is -3.45. The summed E-state index contributed by atoms with van der Waals surface area (Å²) in [6, 6.07) is 8.50. The molecular weight excluding hydrogens is 518 g/mol. The van der Waals surface area contributed by atoms with Gasteiger partial charge in [-0.25, -0.2) is 13.8 Å². The number of carbonyl (C=O) groups excluding carboxylic acids is 2. The van der Waals surface area contributed by atoms with Crippen LogP contribution in [-0.4, -0.2) is 59.7 Å². The van der Waals surface area contributed by atoms with Gasteiger partial charge in [-0.3, -0.25) is 9.59 Å². The first-order valence-electron chi connectivity index (χ1n) is 11.8. The maximum Gasteiger partial charge on any atom is 0.251 e. The van der Waals surface area contributed by atoms with E-state index in [0.29, 0.717) is 37.8 Å². The lowest BCUT2D eigenvalue weighted by molar-refractivity contribution is -0.140. The van der Waals surface area contributed by atoms with Gasteiger partial charge in [0.25, 0.3) is 5.91 Å². The number of primary amides is 1. The standard InChI is InChI=1S/C26H28F2N4O5S/c1-26(2,35)15-10-18(27)23(19(28)11-15)20-12-17(24(29)34)25(38-20)31-21-5-3-4-16(30-21)13-37-14-22(33)32-6-8-36-9-7-32/h3-5,10-12,35H,6-9,13-14H2,1-2H3,(H2,29,34)(H,30,31). The van der Waals surface area contributed by atoms with E-state index >= 15 is 0 Å². The summed E-state index contributed by atoms with van der Waals surface area (Å²) in [5, 5.41) is 13.3. The fourth-order valence-electron chi connectivity index (χ4n) is 3.84. The zero-order valence-electron chi connectivity index (χ0n) is 20.9. The smallest absolute Gasteiger partial charge is 0.251 e. The van der Waals surface area contributed by atoms with Gasteiger partial charge in [-0.2, -0.15) is 0 Å². The van der Waals surface area contributed by atoms with Crippen LogP contribution >= 0.6 is 11.3 Å². The predicted molar refractivity (Wildman–Crippen MR) is 138 cm³/mol. The van der Waals surface area contributed by atoms with Gasteiger partial charge in [0.2, 0.25) is 5.91 Å². The number of thiophene rings is 1. The largest absolute Gasteiger partial charge is 0.386 e. The number of hydrogen-bond acceptors (Lipinski definition) is 8. The monoisotopic (exact) mass is 546 g/mol. The first-order valence-corrected chi connectivity index (χ1v) is 12.7. The number of pyridine rings is 1. The average Bonchev–Trinajstić information content (AvgIpc) is 3.27. The summed E-state index contributed by atoms with van der Waals surface area (Å²) < 4.78 is 40.6. The SMILES string of the molecule is CC(C)(O)c1cc(F)c(-c2cc(C(N)=O)c(Nc3cccc(COCC(=O)N4CCOCC4)n3)s2)c(F)c1. The molecule has 12 heteroatoms. The second-order valence-corrected chi connectivity index (χ2v) is 10.3. The molecule has 3 heterocycles. The minimum atomic E-state index is -1.43. The maximum absolute atomic E-state index is 14.9. The molecule has 0 bridgehead atoms. The van der Waals surface area contributed by atoms with Crippen LogP contribution in [0.3, 0.4) is 0 Å². The number of amides is 2. The van der Waals surface area contributed by atoms with Crippen molar-refractivity contribution in [1.29, 1.82) is 0 Å². The molecule has 0 atom stereocenters. The van der Waals surface area contributed by atoms with Crippen molar-refractivity contribution in [3.63, 3.8) is 0 Å². The van der Waals surface area contributed by atoms with E-state index < -0.39 is 23.1 Å². The van der Waals surface area contributed by atoms with Gasteiger partial charge in [-0.15, -0.1) is 11.3 Å². The van der Waals surface area contributed by atoms with E-state index in [1.807, 2.05) is 0 Å². The lowest BCUT2D eigenvalue weighted by atomic mass is 9.96. The van der Waals surface area contributed by atoms with Crippen molar-refractivity contribution < 1.29 is 33.0 Å². The molecule has 0 saturated carbocycles. The molecule has 1 aliphatic heterocycles. The van der Waals surface area contributed by atoms with E-state index in [4.69, 9.17) is 15.2 Å². The van der Waals surface area contributed by atoms with Crippen molar-refractivity contribution in [2.75, 3.05) is 38.2 Å². The fourth-order valence-corrected chi connectivity index (χ4v) is 4.96. The molecule has 38 heavy (non-hydrogen) atoms. The van der Waals surface area contributed by atoms with Crippen LogP contribution in [-0.2, 0) is 26.5 Å². The number of nitrogens with one attached hydrogen (secondary N) is 1. The Morgan fingerprint density at radius 2 is 1.89 bits per heavy atom. The molecule has 3 aromatic rings. The number of anilines is 2. The van der Waals surface area contributed by atoms with Crippen LogP contribution in [0.15, 0.2) is 36.4 Å². The van der Waals surface area contributed by atoms with Crippen molar-refractivity contribution in [1.82, 2.24) is 9.88 Å². The van der Waals surface area contributed by atoms with Crippen LogP contribution in [0.5, 0.6) is 0 Å². The van der Waals surface area contributed by atoms with E-state index in [-0.39, 0.29) is 45.7 Å². The third-order valence-electron chi connectivity index (χ3n) is 5.88. The Morgan fingerprint density at radius 3 is 2.53 bits per heavy atom. The third kappa shape index (κ3) is 6.51. The number of ether oxygens (including phenoxy) is 2. The van der Waals surface area contributed by atoms with Crippen molar-refractivity contribution in [3.8, 4) is 10.4 Å². The number of hydrogen-bond donors (Lipinski definition) is 3. The summed E-state index contributed by atoms with van der Waals surface area (Å²) in [5.74, 6) is -2.33. The summed E-state index contributed by atoms with van der Waals surface area (Å²) in [7, 11) is 0. The highest BCUT2D eigenvalue weighted by Gasteiger charge is 2.24. The van der Waals surface area contributed by atoms with Crippen LogP contribution in [0.1, 0.15) is 35.5 Å². The second-order valence-electron chi connectivity index (χ2n) is 9.22. The number of morpholine rings is 1. The van der Waals surface area contributed by atoms with Crippen molar-refractivity contribution in [2.24, 2.45) is 5.73 Å². The summed E-state index contributed by atoms with van der Waals surface area (Å²) in [6.07, 6.45) is 0. The molecule has 0 radical (unpaired) electrons. The van der Waals surface area contributed by atoms with Crippen LogP contribution in [0.25, 0.3) is 10.4 Å². The lowest BCUT2D eigenvalue weighted by Crippen LogP contribution is -2.42. The van der Waals surface area contributed by atoms with E-state index in [0.717, 1.165) is 23.5 Å². The summed E-state index contributed by atoms with van der Waals surface area (Å²) >= 11 is 0.935. The number of nitrogens with zero attached hydrogens (tertiary/aromatic N) is 2. The maximum atomic E-state index is 14.9. The molecule has 2 aromatic heterocycles. The van der Waals surface area contributed by atoms with Crippen molar-refractivity contribution in [3.05, 3.63) is 64.9 Å². The highest BCUT2D eigenvalue weighted by atomic mass is 32.1. The van der Waals surface area contributed by atoms with Gasteiger partial charge in [0, 0.05) is 18.0 Å². The average molecular weight is 547 g/mol. The highest BCUT2D eigenvalue weighted by Crippen LogP contribution is 2.40. The zero-order chi connectivity index (χ0) is 27.4. The molecule has 4 N–H and O–H groups in total. The second kappa shape index (κ2) is 11.5. The Morgan fingerprint density at radius 1 is 1.21 bits per heavy atom. The van der Waals surface area contributed by atoms with Gasteiger partial charge >= 0.3 is 0 Å². The summed E-state index contributed by atoms with van der Waals surface area (Å²) in [5.41, 5.74) is 4.40. The van der Waals surface area contributed by atoms with E-state index in [2.05, 4.69) is 10.3 Å². The highest BCUT2D eigenvalue weighted by molar-refractivity contribution is 7.20. The summed E-state index contributed by atoms with van der Waals surface area (Å²) in [6.45, 7) is 4.90. The van der Waals surface area contributed by atoms with Gasteiger partial charge in [0.1, 0.15) is 29.1 Å². The number of carbonyl (C=O) groups is 2. The third-order valence-corrected chi connectivity index (χ3v) is 6.95. The number of benzene rings is 1. The molecule has 0 spiro atoms. The molecule has 9 nitrogen and oxygen atoms in total. The Bertz CT molecular complexity index is 1310. The van der Waals surface area contributed by atoms with Crippen LogP contribution in [0, 0.1) is 11.6 Å². The first kappa shape index (κ1) is 27.6. The van der Waals surface area contributed by atoms with Gasteiger partial charge in [0.05, 0.1) is 42.2 Å². The number of aromatic nitrogens is 1. The van der Waals surface area contributed by atoms with Gasteiger partial charge in [-0.1, -0.05) is 6.07 Å². The first-order chi connectivity index (χ1) is 18.0. The molecular formula is C26H28F2N4O5S. The normalized spacial score (nSPS) is 14.0.